The molecular formula is C11H22N4O. The first kappa shape index (κ1) is 11.7. The molecular weight excluding hydrogens is 204 g/mol. The summed E-state index contributed by atoms with van der Waals surface area (Å²) < 4.78 is 0. The highest BCUT2D eigenvalue weighted by molar-refractivity contribution is 5.82. The van der Waals surface area contributed by atoms with Crippen LogP contribution in [0.5, 0.6) is 0 Å². The molecule has 2 rings (SSSR count). The molecule has 3 atom stereocenters. The van der Waals surface area contributed by atoms with E-state index in [2.05, 4.69) is 15.4 Å². The third-order valence-corrected chi connectivity index (χ3v) is 3.91. The van der Waals surface area contributed by atoms with Gasteiger partial charge in [-0.1, -0.05) is 12.1 Å². The van der Waals surface area contributed by atoms with Gasteiger partial charge in [0.15, 0.2) is 0 Å². The number of hydrogen-bond acceptors (Lipinski definition) is 4. The van der Waals surface area contributed by atoms with E-state index in [1.54, 1.807) is 0 Å². The third-order valence-electron chi connectivity index (χ3n) is 3.91. The Balaban J connectivity index is 1.78. The number of fused-ring (bicyclic) bond motifs is 1. The summed E-state index contributed by atoms with van der Waals surface area (Å²) in [6, 6.07) is 1.32. The van der Waals surface area contributed by atoms with Gasteiger partial charge in [-0.15, -0.1) is 0 Å². The molecule has 4 N–H and O–H groups in total. The highest BCUT2D eigenvalue weighted by atomic mass is 16.4. The first-order chi connectivity index (χ1) is 7.72. The van der Waals surface area contributed by atoms with Crippen molar-refractivity contribution < 1.29 is 5.21 Å². The molecule has 2 saturated heterocycles. The van der Waals surface area contributed by atoms with Gasteiger partial charge in [-0.3, -0.25) is 4.90 Å². The van der Waals surface area contributed by atoms with Crippen molar-refractivity contribution >= 4 is 5.84 Å². The van der Waals surface area contributed by atoms with E-state index in [4.69, 9.17) is 10.9 Å². The Morgan fingerprint density at radius 1 is 1.56 bits per heavy atom. The molecule has 0 saturated carbocycles. The smallest absolute Gasteiger partial charge is 0.143 e. The van der Waals surface area contributed by atoms with E-state index in [0.717, 1.165) is 12.6 Å². The summed E-state index contributed by atoms with van der Waals surface area (Å²) in [5.74, 6) is 0.411. The van der Waals surface area contributed by atoms with Crippen molar-refractivity contribution in [1.29, 1.82) is 0 Å². The zero-order valence-corrected chi connectivity index (χ0v) is 9.89. The van der Waals surface area contributed by atoms with Gasteiger partial charge in [0.1, 0.15) is 5.84 Å². The molecule has 0 aromatic rings. The van der Waals surface area contributed by atoms with Crippen LogP contribution in [-0.4, -0.2) is 47.7 Å². The van der Waals surface area contributed by atoms with E-state index >= 15 is 0 Å². The summed E-state index contributed by atoms with van der Waals surface area (Å²) in [4.78, 5) is 2.58. The first-order valence-corrected chi connectivity index (χ1v) is 6.17. The number of rotatable bonds is 4. The molecule has 2 aliphatic rings. The molecule has 0 bridgehead atoms. The van der Waals surface area contributed by atoms with Crippen LogP contribution >= 0.6 is 0 Å². The zero-order valence-electron chi connectivity index (χ0n) is 9.89. The predicted molar refractivity (Wildman–Crippen MR) is 63.6 cm³/mol. The molecule has 0 aromatic heterocycles. The molecule has 2 fully saturated rings. The lowest BCUT2D eigenvalue weighted by atomic mass is 10.1. The Bertz CT molecular complexity index is 269. The quantitative estimate of drug-likeness (QED) is 0.277. The maximum atomic E-state index is 8.57. The minimum Gasteiger partial charge on any atom is -0.409 e. The average molecular weight is 226 g/mol. The van der Waals surface area contributed by atoms with Crippen molar-refractivity contribution in [2.45, 2.75) is 38.3 Å². The predicted octanol–water partition coefficient (Wildman–Crippen LogP) is 0.195. The molecule has 92 valence electrons. The van der Waals surface area contributed by atoms with Gasteiger partial charge >= 0.3 is 0 Å². The summed E-state index contributed by atoms with van der Waals surface area (Å²) in [7, 11) is 0. The van der Waals surface area contributed by atoms with Gasteiger partial charge < -0.3 is 16.3 Å². The fourth-order valence-electron chi connectivity index (χ4n) is 2.85. The molecule has 0 aromatic carbocycles. The van der Waals surface area contributed by atoms with Gasteiger partial charge in [0, 0.05) is 31.1 Å². The molecule has 3 unspecified atom stereocenters. The molecule has 0 aliphatic carbocycles. The Morgan fingerprint density at radius 3 is 3.12 bits per heavy atom. The molecule has 5 nitrogen and oxygen atoms in total. The van der Waals surface area contributed by atoms with Crippen LogP contribution in [0.2, 0.25) is 0 Å². The minimum atomic E-state index is 0.0976. The normalized spacial score (nSPS) is 32.9. The van der Waals surface area contributed by atoms with E-state index < -0.39 is 0 Å². The van der Waals surface area contributed by atoms with Gasteiger partial charge in [0.05, 0.1) is 0 Å². The monoisotopic (exact) mass is 226 g/mol. The molecule has 0 radical (unpaired) electrons. The van der Waals surface area contributed by atoms with Crippen LogP contribution in [0.3, 0.4) is 0 Å². The Hall–Kier alpha value is -0.810. The maximum Gasteiger partial charge on any atom is 0.143 e. The number of amidine groups is 1. The highest BCUT2D eigenvalue weighted by Crippen LogP contribution is 2.27. The summed E-state index contributed by atoms with van der Waals surface area (Å²) in [6.07, 6.45) is 3.88. The maximum absolute atomic E-state index is 8.57. The molecule has 16 heavy (non-hydrogen) atoms. The lowest BCUT2D eigenvalue weighted by molar-refractivity contribution is 0.295. The van der Waals surface area contributed by atoms with Crippen LogP contribution in [0.1, 0.15) is 26.2 Å². The summed E-state index contributed by atoms with van der Waals surface area (Å²) in [5.41, 5.74) is 5.56. The van der Waals surface area contributed by atoms with Crippen LogP contribution in [0.25, 0.3) is 0 Å². The van der Waals surface area contributed by atoms with Crippen molar-refractivity contribution in [2.75, 3.05) is 19.6 Å². The number of nitrogens with zero attached hydrogens (tertiary/aromatic N) is 2. The van der Waals surface area contributed by atoms with E-state index in [9.17, 15) is 0 Å². The van der Waals surface area contributed by atoms with Gasteiger partial charge in [0.25, 0.3) is 0 Å². The van der Waals surface area contributed by atoms with Gasteiger partial charge in [0.2, 0.25) is 0 Å². The molecule has 2 aliphatic heterocycles. The van der Waals surface area contributed by atoms with Gasteiger partial charge in [-0.2, -0.15) is 0 Å². The summed E-state index contributed by atoms with van der Waals surface area (Å²) in [6.45, 7) is 5.26. The van der Waals surface area contributed by atoms with Crippen LogP contribution in [0, 0.1) is 5.92 Å². The third kappa shape index (κ3) is 2.30. The second kappa shape index (κ2) is 5.01. The molecule has 0 spiro atoms. The van der Waals surface area contributed by atoms with Gasteiger partial charge in [-0.05, 0) is 25.8 Å². The van der Waals surface area contributed by atoms with Crippen LogP contribution in [0.15, 0.2) is 5.16 Å². The van der Waals surface area contributed by atoms with Crippen molar-refractivity contribution in [3.8, 4) is 0 Å². The summed E-state index contributed by atoms with van der Waals surface area (Å²) in [5, 5.41) is 15.2. The van der Waals surface area contributed by atoms with Crippen molar-refractivity contribution in [3.63, 3.8) is 0 Å². The van der Waals surface area contributed by atoms with Gasteiger partial charge in [-0.25, -0.2) is 0 Å². The lowest BCUT2D eigenvalue weighted by Gasteiger charge is -2.22. The zero-order chi connectivity index (χ0) is 11.5. The van der Waals surface area contributed by atoms with Crippen LogP contribution in [0.4, 0.5) is 0 Å². The van der Waals surface area contributed by atoms with E-state index in [1.807, 2.05) is 6.92 Å². The van der Waals surface area contributed by atoms with Crippen LogP contribution < -0.4 is 11.1 Å². The number of oxime groups is 1. The SMILES string of the molecule is CC(CNC1CCN2CCCC12)C(N)=NO. The molecule has 5 heteroatoms. The second-order valence-corrected chi connectivity index (χ2v) is 4.97. The van der Waals surface area contributed by atoms with E-state index in [-0.39, 0.29) is 5.92 Å². The molecule has 0 amide bonds. The summed E-state index contributed by atoms with van der Waals surface area (Å²) >= 11 is 0. The van der Waals surface area contributed by atoms with Crippen molar-refractivity contribution in [2.24, 2.45) is 16.8 Å². The fraction of sp³-hybridized carbons (Fsp3) is 0.909. The Morgan fingerprint density at radius 2 is 2.38 bits per heavy atom. The number of nitrogens with two attached hydrogens (primary N) is 1. The minimum absolute atomic E-state index is 0.0976. The standard InChI is InChI=1S/C11H22N4O/c1-8(11(12)14-16)7-13-9-4-6-15-5-2-3-10(9)15/h8-10,13,16H,2-7H2,1H3,(H2,12,14). The van der Waals surface area contributed by atoms with Crippen molar-refractivity contribution in [1.82, 2.24) is 10.2 Å². The topological polar surface area (TPSA) is 73.9 Å². The van der Waals surface area contributed by atoms with Crippen molar-refractivity contribution in [3.05, 3.63) is 0 Å². The molecule has 2 heterocycles. The average Bonchev–Trinajstić information content (AvgIpc) is 2.87. The second-order valence-electron chi connectivity index (χ2n) is 4.97. The fourth-order valence-corrected chi connectivity index (χ4v) is 2.85. The largest absolute Gasteiger partial charge is 0.409 e. The first-order valence-electron chi connectivity index (χ1n) is 6.17. The highest BCUT2D eigenvalue weighted by Gasteiger charge is 2.36. The van der Waals surface area contributed by atoms with E-state index in [0.29, 0.717) is 11.9 Å². The van der Waals surface area contributed by atoms with Crippen LogP contribution in [-0.2, 0) is 0 Å². The Labute approximate surface area is 96.7 Å². The lowest BCUT2D eigenvalue weighted by Crippen LogP contribution is -2.42. The Kier molecular flexibility index (Phi) is 3.66. The van der Waals surface area contributed by atoms with E-state index in [1.165, 1.54) is 32.4 Å². The number of hydrogen-bond donors (Lipinski definition) is 3. The number of nitrogens with one attached hydrogen (secondary N) is 1.